The molecule has 7 nitrogen and oxygen atoms in total. The maximum Gasteiger partial charge on any atom is 0.251 e. The van der Waals surface area contributed by atoms with E-state index in [1.165, 1.54) is 17.8 Å². The van der Waals surface area contributed by atoms with Crippen molar-refractivity contribution in [2.24, 2.45) is 7.05 Å². The van der Waals surface area contributed by atoms with Crippen LogP contribution in [0, 0.1) is 0 Å². The Morgan fingerprint density at radius 1 is 1.09 bits per heavy atom. The average Bonchev–Trinajstić information content (AvgIpc) is 3.15. The smallest absolute Gasteiger partial charge is 0.251 e. The highest BCUT2D eigenvalue weighted by atomic mass is 79.9. The second-order valence-corrected chi connectivity index (χ2v) is 10.6. The Labute approximate surface area is 221 Å². The molecule has 0 unspecified atom stereocenters. The second-order valence-electron chi connectivity index (χ2n) is 7.95. The number of benzene rings is 2. The van der Waals surface area contributed by atoms with E-state index < -0.39 is 6.04 Å². The molecule has 11 heteroatoms. The molecule has 3 rings (SSSR count). The number of amides is 2. The van der Waals surface area contributed by atoms with Crippen molar-refractivity contribution in [3.05, 3.63) is 67.9 Å². The molecule has 0 saturated heterocycles. The molecule has 2 amide bonds. The maximum atomic E-state index is 12.6. The summed E-state index contributed by atoms with van der Waals surface area (Å²) in [7, 11) is 1.79. The monoisotopic (exact) mass is 583 g/mol. The Balaban J connectivity index is 1.61. The van der Waals surface area contributed by atoms with Crippen molar-refractivity contribution in [3.63, 3.8) is 0 Å². The highest BCUT2D eigenvalue weighted by molar-refractivity contribution is 9.10. The van der Waals surface area contributed by atoms with Crippen LogP contribution in [0.15, 0.2) is 46.0 Å². The summed E-state index contributed by atoms with van der Waals surface area (Å²) >= 11 is 16.7. The summed E-state index contributed by atoms with van der Waals surface area (Å²) in [6.07, 6.45) is 0. The van der Waals surface area contributed by atoms with Gasteiger partial charge in [0.25, 0.3) is 5.91 Å². The maximum absolute atomic E-state index is 12.6. The lowest BCUT2D eigenvalue weighted by atomic mass is 10.0. The van der Waals surface area contributed by atoms with Crippen molar-refractivity contribution in [2.75, 3.05) is 11.1 Å². The van der Waals surface area contributed by atoms with Crippen LogP contribution in [0.5, 0.6) is 0 Å². The van der Waals surface area contributed by atoms with E-state index >= 15 is 0 Å². The van der Waals surface area contributed by atoms with Crippen LogP contribution in [-0.2, 0) is 11.8 Å². The number of nitrogens with one attached hydrogen (secondary N) is 2. The van der Waals surface area contributed by atoms with Gasteiger partial charge in [0.2, 0.25) is 5.91 Å². The lowest BCUT2D eigenvalue weighted by Gasteiger charge is -2.15. The number of nitrogens with zero attached hydrogens (tertiary/aromatic N) is 3. The van der Waals surface area contributed by atoms with E-state index in [-0.39, 0.29) is 23.5 Å². The van der Waals surface area contributed by atoms with Gasteiger partial charge in [-0.05, 0) is 54.8 Å². The zero-order valence-corrected chi connectivity index (χ0v) is 22.9. The van der Waals surface area contributed by atoms with Crippen molar-refractivity contribution < 1.29 is 9.59 Å². The van der Waals surface area contributed by atoms with Crippen LogP contribution in [-0.4, -0.2) is 32.3 Å². The lowest BCUT2D eigenvalue weighted by Crippen LogP contribution is -2.28. The molecule has 0 bridgehead atoms. The fraction of sp³-hybridized carbons (Fsp3) is 0.304. The van der Waals surface area contributed by atoms with Gasteiger partial charge in [0.05, 0.1) is 21.8 Å². The van der Waals surface area contributed by atoms with Crippen molar-refractivity contribution in [3.8, 4) is 0 Å². The summed E-state index contributed by atoms with van der Waals surface area (Å²) in [6.45, 7) is 5.96. The molecule has 1 atom stereocenters. The molecule has 1 heterocycles. The van der Waals surface area contributed by atoms with Gasteiger partial charge in [0.1, 0.15) is 0 Å². The standard InChI is InChI=1S/C23H24BrCl2N5O2S/c1-12(2)16-10-15(24)6-8-19(16)28-20(32)11-34-23-30-29-21(31(23)4)13(3)27-22(33)14-5-7-17(25)18(26)9-14/h5-10,12-13H,11H2,1-4H3,(H,27,33)(H,28,32)/t13-/m1/s1. The molecule has 34 heavy (non-hydrogen) atoms. The fourth-order valence-electron chi connectivity index (χ4n) is 3.25. The minimum atomic E-state index is -0.418. The normalized spacial score (nSPS) is 12.0. The third-order valence-electron chi connectivity index (χ3n) is 5.03. The zero-order chi connectivity index (χ0) is 25.0. The summed E-state index contributed by atoms with van der Waals surface area (Å²) in [6, 6.07) is 10.1. The number of carbonyl (C=O) groups excluding carboxylic acids is 2. The summed E-state index contributed by atoms with van der Waals surface area (Å²) in [5.74, 6) is 0.551. The fourth-order valence-corrected chi connectivity index (χ4v) is 4.65. The van der Waals surface area contributed by atoms with Crippen LogP contribution in [0.2, 0.25) is 10.0 Å². The number of thioether (sulfide) groups is 1. The van der Waals surface area contributed by atoms with Crippen LogP contribution in [0.4, 0.5) is 5.69 Å². The van der Waals surface area contributed by atoms with Crippen molar-refractivity contribution in [1.82, 2.24) is 20.1 Å². The molecule has 0 aliphatic rings. The molecule has 0 aliphatic heterocycles. The molecular weight excluding hydrogens is 561 g/mol. The van der Waals surface area contributed by atoms with Crippen LogP contribution in [0.3, 0.4) is 0 Å². The number of rotatable bonds is 8. The van der Waals surface area contributed by atoms with Gasteiger partial charge in [-0.15, -0.1) is 10.2 Å². The highest BCUT2D eigenvalue weighted by Crippen LogP contribution is 2.28. The number of aromatic nitrogens is 3. The minimum absolute atomic E-state index is 0.139. The van der Waals surface area contributed by atoms with Crippen LogP contribution in [0.1, 0.15) is 54.5 Å². The van der Waals surface area contributed by atoms with Crippen LogP contribution < -0.4 is 10.6 Å². The first kappa shape index (κ1) is 26.5. The van der Waals surface area contributed by atoms with E-state index in [0.717, 1.165) is 15.7 Å². The number of anilines is 1. The highest BCUT2D eigenvalue weighted by Gasteiger charge is 2.20. The average molecular weight is 585 g/mol. The van der Waals surface area contributed by atoms with Crippen molar-refractivity contribution in [1.29, 1.82) is 0 Å². The molecule has 0 spiro atoms. The van der Waals surface area contributed by atoms with Gasteiger partial charge in [0, 0.05) is 22.8 Å². The van der Waals surface area contributed by atoms with Gasteiger partial charge in [-0.3, -0.25) is 9.59 Å². The predicted molar refractivity (Wildman–Crippen MR) is 141 cm³/mol. The summed E-state index contributed by atoms with van der Waals surface area (Å²) in [5.41, 5.74) is 2.24. The SMILES string of the molecule is CC(C)c1cc(Br)ccc1NC(=O)CSc1nnc([C@@H](C)NC(=O)c2ccc(Cl)c(Cl)c2)n1C. The van der Waals surface area contributed by atoms with Gasteiger partial charge >= 0.3 is 0 Å². The predicted octanol–water partition coefficient (Wildman–Crippen LogP) is 6.23. The van der Waals surface area contributed by atoms with Gasteiger partial charge in [0.15, 0.2) is 11.0 Å². The zero-order valence-electron chi connectivity index (χ0n) is 19.0. The Morgan fingerprint density at radius 3 is 2.50 bits per heavy atom. The van der Waals surface area contributed by atoms with Crippen LogP contribution >= 0.6 is 50.9 Å². The largest absolute Gasteiger partial charge is 0.342 e. The third-order valence-corrected chi connectivity index (χ3v) is 7.28. The first-order chi connectivity index (χ1) is 16.1. The quantitative estimate of drug-likeness (QED) is 0.306. The Bertz CT molecular complexity index is 1220. The molecule has 2 N–H and O–H groups in total. The Kier molecular flexibility index (Phi) is 9.03. The number of halogens is 3. The summed E-state index contributed by atoms with van der Waals surface area (Å²) in [4.78, 5) is 25.1. The number of hydrogen-bond acceptors (Lipinski definition) is 5. The van der Waals surface area contributed by atoms with E-state index in [9.17, 15) is 9.59 Å². The van der Waals surface area contributed by atoms with E-state index in [4.69, 9.17) is 23.2 Å². The first-order valence-corrected chi connectivity index (χ1v) is 13.0. The number of carbonyl (C=O) groups is 2. The summed E-state index contributed by atoms with van der Waals surface area (Å²) in [5, 5.41) is 15.5. The Hall–Kier alpha value is -2.07. The molecule has 0 fully saturated rings. The minimum Gasteiger partial charge on any atom is -0.342 e. The number of hydrogen-bond donors (Lipinski definition) is 2. The molecule has 1 aromatic heterocycles. The van der Waals surface area contributed by atoms with Gasteiger partial charge < -0.3 is 15.2 Å². The molecule has 3 aromatic rings. The molecule has 0 radical (unpaired) electrons. The van der Waals surface area contributed by atoms with Crippen LogP contribution in [0.25, 0.3) is 0 Å². The molecule has 0 aliphatic carbocycles. The van der Waals surface area contributed by atoms with Gasteiger partial charge in [-0.1, -0.05) is 64.7 Å². The van der Waals surface area contributed by atoms with E-state index in [0.29, 0.717) is 26.6 Å². The molecule has 0 saturated carbocycles. The molecule has 180 valence electrons. The Morgan fingerprint density at radius 2 is 1.82 bits per heavy atom. The third kappa shape index (κ3) is 6.53. The second kappa shape index (κ2) is 11.6. The van der Waals surface area contributed by atoms with Crippen molar-refractivity contribution in [2.45, 2.75) is 37.9 Å². The summed E-state index contributed by atoms with van der Waals surface area (Å²) < 4.78 is 2.73. The van der Waals surface area contributed by atoms with E-state index in [1.807, 2.05) is 25.1 Å². The first-order valence-electron chi connectivity index (χ1n) is 10.4. The van der Waals surface area contributed by atoms with Crippen molar-refractivity contribution >= 4 is 68.4 Å². The van der Waals surface area contributed by atoms with Gasteiger partial charge in [-0.25, -0.2) is 0 Å². The topological polar surface area (TPSA) is 88.9 Å². The lowest BCUT2D eigenvalue weighted by molar-refractivity contribution is -0.113. The molecule has 2 aromatic carbocycles. The van der Waals surface area contributed by atoms with E-state index in [1.54, 1.807) is 23.7 Å². The van der Waals surface area contributed by atoms with E-state index in [2.05, 4.69) is 50.6 Å². The molecular formula is C23H24BrCl2N5O2S. The van der Waals surface area contributed by atoms with Gasteiger partial charge in [-0.2, -0.15) is 0 Å².